The predicted octanol–water partition coefficient (Wildman–Crippen LogP) is 2.97. The van der Waals surface area contributed by atoms with Crippen LogP contribution in [0.4, 0.5) is 0 Å². The maximum absolute atomic E-state index is 12.4. The molecule has 0 unspecified atom stereocenters. The molecule has 1 saturated heterocycles. The molecular weight excluding hydrogens is 266 g/mol. The van der Waals surface area contributed by atoms with Gasteiger partial charge < -0.3 is 10.0 Å². The number of carbonyl (C=O) groups is 2. The van der Waals surface area contributed by atoms with Crippen molar-refractivity contribution in [3.63, 3.8) is 0 Å². The number of likely N-dealkylation sites (tertiary alicyclic amines) is 1. The Hall–Kier alpha value is -1.84. The van der Waals surface area contributed by atoms with E-state index in [2.05, 4.69) is 13.8 Å². The number of piperidine rings is 1. The topological polar surface area (TPSA) is 57.6 Å². The van der Waals surface area contributed by atoms with Crippen molar-refractivity contribution in [1.29, 1.82) is 0 Å². The van der Waals surface area contributed by atoms with Crippen molar-refractivity contribution >= 4 is 11.9 Å². The maximum atomic E-state index is 12.4. The van der Waals surface area contributed by atoms with Gasteiger partial charge in [-0.1, -0.05) is 38.5 Å². The average Bonchev–Trinajstić information content (AvgIpc) is 2.48. The summed E-state index contributed by atoms with van der Waals surface area (Å²) >= 11 is 0. The van der Waals surface area contributed by atoms with Crippen LogP contribution >= 0.6 is 0 Å². The third-order valence-electron chi connectivity index (χ3n) is 4.77. The lowest BCUT2D eigenvalue weighted by Crippen LogP contribution is -2.42. The zero-order valence-electron chi connectivity index (χ0n) is 12.8. The molecule has 0 aromatic heterocycles. The summed E-state index contributed by atoms with van der Waals surface area (Å²) < 4.78 is 0. The van der Waals surface area contributed by atoms with Crippen LogP contribution in [0.1, 0.15) is 49.0 Å². The third kappa shape index (κ3) is 3.63. The second kappa shape index (κ2) is 6.29. The first-order valence-electron chi connectivity index (χ1n) is 7.54. The van der Waals surface area contributed by atoms with Crippen LogP contribution in [0.3, 0.4) is 0 Å². The van der Waals surface area contributed by atoms with Crippen molar-refractivity contribution in [1.82, 2.24) is 4.90 Å². The zero-order valence-corrected chi connectivity index (χ0v) is 12.8. The molecule has 2 rings (SSSR count). The predicted molar refractivity (Wildman–Crippen MR) is 81.3 cm³/mol. The van der Waals surface area contributed by atoms with E-state index < -0.39 is 5.97 Å². The molecule has 114 valence electrons. The Labute approximate surface area is 125 Å². The van der Waals surface area contributed by atoms with Gasteiger partial charge in [-0.3, -0.25) is 4.79 Å². The lowest BCUT2D eigenvalue weighted by Gasteiger charge is -2.39. The number of nitrogens with zero attached hydrogens (tertiary/aromatic N) is 1. The van der Waals surface area contributed by atoms with Crippen molar-refractivity contribution in [3.05, 3.63) is 35.4 Å². The number of carboxylic acid groups (broad SMARTS) is 1. The van der Waals surface area contributed by atoms with Crippen LogP contribution in [0, 0.1) is 5.41 Å². The third-order valence-corrected chi connectivity index (χ3v) is 4.77. The molecule has 1 aliphatic rings. The SMILES string of the molecule is CCC1(C)CCN(C(=O)Cc2ccccc2C(=O)O)CC1. The van der Waals surface area contributed by atoms with E-state index in [9.17, 15) is 9.59 Å². The van der Waals surface area contributed by atoms with E-state index in [1.807, 2.05) is 4.90 Å². The van der Waals surface area contributed by atoms with Gasteiger partial charge in [0.25, 0.3) is 0 Å². The van der Waals surface area contributed by atoms with Crippen molar-refractivity contribution in [3.8, 4) is 0 Å². The number of carboxylic acids is 1. The lowest BCUT2D eigenvalue weighted by atomic mass is 9.78. The minimum Gasteiger partial charge on any atom is -0.478 e. The highest BCUT2D eigenvalue weighted by Crippen LogP contribution is 2.34. The number of hydrogen-bond acceptors (Lipinski definition) is 2. The van der Waals surface area contributed by atoms with Gasteiger partial charge in [0.2, 0.25) is 5.91 Å². The standard InChI is InChI=1S/C17H23NO3/c1-3-17(2)8-10-18(11-9-17)15(19)12-13-6-4-5-7-14(13)16(20)21/h4-7H,3,8-12H2,1-2H3,(H,20,21). The first kappa shape index (κ1) is 15.5. The molecule has 0 bridgehead atoms. The van der Waals surface area contributed by atoms with E-state index in [1.54, 1.807) is 24.3 Å². The van der Waals surface area contributed by atoms with E-state index in [-0.39, 0.29) is 17.9 Å². The van der Waals surface area contributed by atoms with Crippen LogP contribution in [-0.4, -0.2) is 35.0 Å². The van der Waals surface area contributed by atoms with Gasteiger partial charge >= 0.3 is 5.97 Å². The Morgan fingerprint density at radius 2 is 1.86 bits per heavy atom. The van der Waals surface area contributed by atoms with Gasteiger partial charge in [-0.2, -0.15) is 0 Å². The normalized spacial score (nSPS) is 17.5. The number of aromatic carboxylic acids is 1. The molecule has 0 spiro atoms. The van der Waals surface area contributed by atoms with E-state index in [0.29, 0.717) is 11.0 Å². The molecule has 0 radical (unpaired) electrons. The van der Waals surface area contributed by atoms with Gasteiger partial charge in [0, 0.05) is 13.1 Å². The Kier molecular flexibility index (Phi) is 4.66. The molecule has 1 amide bonds. The smallest absolute Gasteiger partial charge is 0.335 e. The summed E-state index contributed by atoms with van der Waals surface area (Å²) in [7, 11) is 0. The maximum Gasteiger partial charge on any atom is 0.335 e. The van der Waals surface area contributed by atoms with Crippen LogP contribution < -0.4 is 0 Å². The summed E-state index contributed by atoms with van der Waals surface area (Å²) in [5.41, 5.74) is 1.16. The van der Waals surface area contributed by atoms with E-state index >= 15 is 0 Å². The molecule has 4 nitrogen and oxygen atoms in total. The van der Waals surface area contributed by atoms with Crippen LogP contribution in [-0.2, 0) is 11.2 Å². The zero-order chi connectivity index (χ0) is 15.5. The molecule has 1 N–H and O–H groups in total. The summed E-state index contributed by atoms with van der Waals surface area (Å²) in [6.45, 7) is 6.02. The molecule has 1 aromatic rings. The van der Waals surface area contributed by atoms with Crippen molar-refractivity contribution < 1.29 is 14.7 Å². The number of benzene rings is 1. The van der Waals surface area contributed by atoms with Gasteiger partial charge in [-0.25, -0.2) is 4.79 Å². The van der Waals surface area contributed by atoms with Gasteiger partial charge in [-0.15, -0.1) is 0 Å². The number of carbonyl (C=O) groups excluding carboxylic acids is 1. The monoisotopic (exact) mass is 289 g/mol. The van der Waals surface area contributed by atoms with Crippen LogP contribution in [0.2, 0.25) is 0 Å². The quantitative estimate of drug-likeness (QED) is 0.927. The van der Waals surface area contributed by atoms with E-state index in [0.717, 1.165) is 32.4 Å². The highest BCUT2D eigenvalue weighted by molar-refractivity contribution is 5.91. The highest BCUT2D eigenvalue weighted by Gasteiger charge is 2.30. The molecule has 0 saturated carbocycles. The molecule has 1 fully saturated rings. The molecule has 0 atom stereocenters. The summed E-state index contributed by atoms with van der Waals surface area (Å²) in [5, 5.41) is 9.16. The minimum atomic E-state index is -0.976. The Morgan fingerprint density at radius 1 is 1.24 bits per heavy atom. The summed E-state index contributed by atoms with van der Waals surface area (Å²) in [6, 6.07) is 6.74. The lowest BCUT2D eigenvalue weighted by molar-refractivity contribution is -0.132. The van der Waals surface area contributed by atoms with Gasteiger partial charge in [0.1, 0.15) is 0 Å². The number of amides is 1. The molecular formula is C17H23NO3. The first-order valence-corrected chi connectivity index (χ1v) is 7.54. The summed E-state index contributed by atoms with van der Waals surface area (Å²) in [4.78, 5) is 25.4. The fraction of sp³-hybridized carbons (Fsp3) is 0.529. The van der Waals surface area contributed by atoms with Crippen LogP contribution in [0.25, 0.3) is 0 Å². The van der Waals surface area contributed by atoms with Crippen molar-refractivity contribution in [2.24, 2.45) is 5.41 Å². The number of hydrogen-bond donors (Lipinski definition) is 1. The molecule has 1 aliphatic heterocycles. The van der Waals surface area contributed by atoms with Gasteiger partial charge in [0.05, 0.1) is 12.0 Å². The Balaban J connectivity index is 2.02. The molecule has 21 heavy (non-hydrogen) atoms. The molecule has 4 heteroatoms. The number of rotatable bonds is 4. The fourth-order valence-corrected chi connectivity index (χ4v) is 2.81. The van der Waals surface area contributed by atoms with Crippen molar-refractivity contribution in [2.75, 3.05) is 13.1 Å². The highest BCUT2D eigenvalue weighted by atomic mass is 16.4. The fourth-order valence-electron chi connectivity index (χ4n) is 2.81. The van der Waals surface area contributed by atoms with Crippen LogP contribution in [0.5, 0.6) is 0 Å². The van der Waals surface area contributed by atoms with Gasteiger partial charge in [-0.05, 0) is 29.9 Å². The Bertz CT molecular complexity index is 531. The molecule has 1 heterocycles. The van der Waals surface area contributed by atoms with E-state index in [1.165, 1.54) is 0 Å². The average molecular weight is 289 g/mol. The largest absolute Gasteiger partial charge is 0.478 e. The minimum absolute atomic E-state index is 0.0295. The second-order valence-electron chi connectivity index (χ2n) is 6.18. The molecule has 1 aromatic carbocycles. The van der Waals surface area contributed by atoms with Crippen LogP contribution in [0.15, 0.2) is 24.3 Å². The summed E-state index contributed by atoms with van der Waals surface area (Å²) in [5.74, 6) is -0.947. The van der Waals surface area contributed by atoms with E-state index in [4.69, 9.17) is 5.11 Å². The Morgan fingerprint density at radius 3 is 2.43 bits per heavy atom. The summed E-state index contributed by atoms with van der Waals surface area (Å²) in [6.07, 6.45) is 3.35. The first-order chi connectivity index (χ1) is 9.95. The van der Waals surface area contributed by atoms with Gasteiger partial charge in [0.15, 0.2) is 0 Å². The molecule has 0 aliphatic carbocycles. The second-order valence-corrected chi connectivity index (χ2v) is 6.18. The van der Waals surface area contributed by atoms with Crippen molar-refractivity contribution in [2.45, 2.75) is 39.5 Å².